The molecule has 3 N–H and O–H groups in total. The fourth-order valence-electron chi connectivity index (χ4n) is 2.20. The average Bonchev–Trinajstić information content (AvgIpc) is 2.68. The van der Waals surface area contributed by atoms with Crippen LogP contribution in [0.15, 0.2) is 59.6 Å². The summed E-state index contributed by atoms with van der Waals surface area (Å²) < 4.78 is 5.08. The minimum Gasteiger partial charge on any atom is -0.497 e. The molecular weight excluding hydrogens is 316 g/mol. The summed E-state index contributed by atoms with van der Waals surface area (Å²) in [5.41, 5.74) is 1.78. The van der Waals surface area contributed by atoms with Crippen molar-refractivity contribution in [3.63, 3.8) is 0 Å². The van der Waals surface area contributed by atoms with Gasteiger partial charge < -0.3 is 20.7 Å². The van der Waals surface area contributed by atoms with E-state index < -0.39 is 0 Å². The summed E-state index contributed by atoms with van der Waals surface area (Å²) in [5, 5.41) is 9.26. The molecule has 132 valence electrons. The number of hydrogen-bond acceptors (Lipinski definition) is 3. The quantitative estimate of drug-likeness (QED) is 0.408. The van der Waals surface area contributed by atoms with Crippen molar-refractivity contribution in [1.82, 2.24) is 16.0 Å². The maximum Gasteiger partial charge on any atom is 0.251 e. The summed E-state index contributed by atoms with van der Waals surface area (Å²) >= 11 is 0. The number of carbonyl (C=O) groups is 1. The van der Waals surface area contributed by atoms with Gasteiger partial charge in [-0.05, 0) is 29.8 Å². The fraction of sp³-hybridized carbons (Fsp3) is 0.263. The van der Waals surface area contributed by atoms with E-state index in [1.54, 1.807) is 38.4 Å². The number of nitrogens with zero attached hydrogens (tertiary/aromatic N) is 1. The third kappa shape index (κ3) is 6.18. The molecule has 2 aromatic rings. The van der Waals surface area contributed by atoms with E-state index in [1.165, 1.54) is 5.56 Å². The number of rotatable bonds is 7. The number of methoxy groups -OCH3 is 1. The van der Waals surface area contributed by atoms with Crippen molar-refractivity contribution >= 4 is 11.9 Å². The molecule has 6 nitrogen and oxygen atoms in total. The van der Waals surface area contributed by atoms with Gasteiger partial charge in [-0.15, -0.1) is 0 Å². The van der Waals surface area contributed by atoms with Crippen molar-refractivity contribution < 1.29 is 9.53 Å². The molecule has 0 saturated carbocycles. The SMILES string of the molecule is CN=C(NCCNC(=O)c1ccc(OC)cc1)NCc1ccccc1. The second kappa shape index (κ2) is 9.97. The lowest BCUT2D eigenvalue weighted by Gasteiger charge is -2.12. The lowest BCUT2D eigenvalue weighted by molar-refractivity contribution is 0.0954. The zero-order chi connectivity index (χ0) is 17.9. The smallest absolute Gasteiger partial charge is 0.251 e. The molecule has 0 aliphatic heterocycles. The third-order valence-electron chi connectivity index (χ3n) is 3.58. The van der Waals surface area contributed by atoms with E-state index in [9.17, 15) is 4.79 Å². The van der Waals surface area contributed by atoms with Gasteiger partial charge in [0, 0.05) is 32.2 Å². The zero-order valence-corrected chi connectivity index (χ0v) is 14.6. The van der Waals surface area contributed by atoms with Crippen LogP contribution in [0.3, 0.4) is 0 Å². The number of hydrogen-bond donors (Lipinski definition) is 3. The fourth-order valence-corrected chi connectivity index (χ4v) is 2.20. The Bertz CT molecular complexity index is 684. The molecule has 0 saturated heterocycles. The van der Waals surface area contributed by atoms with Gasteiger partial charge in [-0.3, -0.25) is 9.79 Å². The largest absolute Gasteiger partial charge is 0.497 e. The van der Waals surface area contributed by atoms with E-state index >= 15 is 0 Å². The van der Waals surface area contributed by atoms with Crippen LogP contribution in [0.5, 0.6) is 5.75 Å². The first-order valence-corrected chi connectivity index (χ1v) is 8.13. The zero-order valence-electron chi connectivity index (χ0n) is 14.6. The number of aliphatic imine (C=N–C) groups is 1. The Balaban J connectivity index is 1.69. The van der Waals surface area contributed by atoms with Crippen molar-refractivity contribution in [1.29, 1.82) is 0 Å². The topological polar surface area (TPSA) is 74.8 Å². The van der Waals surface area contributed by atoms with Crippen LogP contribution in [-0.2, 0) is 6.54 Å². The molecule has 0 atom stereocenters. The van der Waals surface area contributed by atoms with E-state index in [4.69, 9.17) is 4.74 Å². The van der Waals surface area contributed by atoms with Gasteiger partial charge >= 0.3 is 0 Å². The molecular formula is C19H24N4O2. The van der Waals surface area contributed by atoms with Crippen molar-refractivity contribution in [3.05, 3.63) is 65.7 Å². The van der Waals surface area contributed by atoms with E-state index in [0.717, 1.165) is 5.75 Å². The Kier molecular flexibility index (Phi) is 7.31. The number of amides is 1. The summed E-state index contributed by atoms with van der Waals surface area (Å²) in [6, 6.07) is 17.1. The molecule has 0 aromatic heterocycles. The second-order valence-corrected chi connectivity index (χ2v) is 5.32. The van der Waals surface area contributed by atoms with Crippen molar-refractivity contribution in [3.8, 4) is 5.75 Å². The highest BCUT2D eigenvalue weighted by atomic mass is 16.5. The van der Waals surface area contributed by atoms with Crippen molar-refractivity contribution in [2.75, 3.05) is 27.2 Å². The Hall–Kier alpha value is -3.02. The van der Waals surface area contributed by atoms with E-state index in [-0.39, 0.29) is 5.91 Å². The highest BCUT2D eigenvalue weighted by molar-refractivity contribution is 5.94. The van der Waals surface area contributed by atoms with Crippen LogP contribution in [0, 0.1) is 0 Å². The Labute approximate surface area is 148 Å². The van der Waals surface area contributed by atoms with Crippen molar-refractivity contribution in [2.24, 2.45) is 4.99 Å². The molecule has 1 amide bonds. The molecule has 0 heterocycles. The molecule has 0 aliphatic rings. The number of carbonyl (C=O) groups excluding carboxylic acids is 1. The second-order valence-electron chi connectivity index (χ2n) is 5.32. The molecule has 6 heteroatoms. The first-order valence-electron chi connectivity index (χ1n) is 8.13. The van der Waals surface area contributed by atoms with Crippen molar-refractivity contribution in [2.45, 2.75) is 6.54 Å². The first-order chi connectivity index (χ1) is 12.2. The summed E-state index contributed by atoms with van der Waals surface area (Å²) in [5.74, 6) is 1.31. The lowest BCUT2D eigenvalue weighted by atomic mass is 10.2. The van der Waals surface area contributed by atoms with E-state index in [0.29, 0.717) is 31.2 Å². The van der Waals surface area contributed by atoms with Crippen LogP contribution in [-0.4, -0.2) is 39.1 Å². The predicted molar refractivity (Wildman–Crippen MR) is 100.0 cm³/mol. The number of nitrogens with one attached hydrogen (secondary N) is 3. The molecule has 2 rings (SSSR count). The van der Waals surface area contributed by atoms with Crippen LogP contribution >= 0.6 is 0 Å². The number of benzene rings is 2. The van der Waals surface area contributed by atoms with Gasteiger partial charge in [-0.25, -0.2) is 0 Å². The minimum atomic E-state index is -0.114. The van der Waals surface area contributed by atoms with Crippen LogP contribution in [0.25, 0.3) is 0 Å². The molecule has 0 unspecified atom stereocenters. The number of guanidine groups is 1. The van der Waals surface area contributed by atoms with Gasteiger partial charge in [-0.1, -0.05) is 30.3 Å². The van der Waals surface area contributed by atoms with Crippen LogP contribution in [0.2, 0.25) is 0 Å². The maximum atomic E-state index is 12.0. The maximum absolute atomic E-state index is 12.0. The van der Waals surface area contributed by atoms with Crippen LogP contribution in [0.1, 0.15) is 15.9 Å². The molecule has 25 heavy (non-hydrogen) atoms. The first kappa shape index (κ1) is 18.3. The highest BCUT2D eigenvalue weighted by Gasteiger charge is 2.05. The molecule has 0 aliphatic carbocycles. The Morgan fingerprint density at radius 3 is 2.28 bits per heavy atom. The highest BCUT2D eigenvalue weighted by Crippen LogP contribution is 2.10. The summed E-state index contributed by atoms with van der Waals surface area (Å²) in [6.07, 6.45) is 0. The molecule has 0 bridgehead atoms. The van der Waals surface area contributed by atoms with Gasteiger partial charge in [-0.2, -0.15) is 0 Å². The molecule has 0 fully saturated rings. The average molecular weight is 340 g/mol. The third-order valence-corrected chi connectivity index (χ3v) is 3.58. The number of ether oxygens (including phenoxy) is 1. The van der Waals surface area contributed by atoms with Gasteiger partial charge in [0.05, 0.1) is 7.11 Å². The lowest BCUT2D eigenvalue weighted by Crippen LogP contribution is -2.41. The van der Waals surface area contributed by atoms with E-state index in [2.05, 4.69) is 33.1 Å². The van der Waals surface area contributed by atoms with Crippen LogP contribution < -0.4 is 20.7 Å². The Morgan fingerprint density at radius 1 is 0.960 bits per heavy atom. The summed E-state index contributed by atoms with van der Waals surface area (Å²) in [4.78, 5) is 16.2. The molecule has 0 spiro atoms. The van der Waals surface area contributed by atoms with Gasteiger partial charge in [0.25, 0.3) is 5.91 Å². The summed E-state index contributed by atoms with van der Waals surface area (Å²) in [6.45, 7) is 1.77. The molecule has 0 radical (unpaired) electrons. The Morgan fingerprint density at radius 2 is 1.64 bits per heavy atom. The van der Waals surface area contributed by atoms with Gasteiger partial charge in [0.15, 0.2) is 5.96 Å². The normalized spacial score (nSPS) is 10.9. The molecule has 2 aromatic carbocycles. The van der Waals surface area contributed by atoms with E-state index in [1.807, 2.05) is 18.2 Å². The standard InChI is InChI=1S/C19H24N4O2/c1-20-19(23-14-15-6-4-3-5-7-15)22-13-12-21-18(24)16-8-10-17(25-2)11-9-16/h3-11H,12-14H2,1-2H3,(H,21,24)(H2,20,22,23). The monoisotopic (exact) mass is 340 g/mol. The van der Waals surface area contributed by atoms with Gasteiger partial charge in [0.1, 0.15) is 5.75 Å². The predicted octanol–water partition coefficient (Wildman–Crippen LogP) is 1.79. The minimum absolute atomic E-state index is 0.114. The van der Waals surface area contributed by atoms with Gasteiger partial charge in [0.2, 0.25) is 0 Å². The van der Waals surface area contributed by atoms with Crippen LogP contribution in [0.4, 0.5) is 0 Å². The summed E-state index contributed by atoms with van der Waals surface area (Å²) in [7, 11) is 3.32.